The fourth-order valence-corrected chi connectivity index (χ4v) is 3.77. The number of carbonyl (C=O) groups excluding carboxylic acids is 1. The number of hydrogen-bond acceptors (Lipinski definition) is 5. The summed E-state index contributed by atoms with van der Waals surface area (Å²) in [6.45, 7) is -0.349. The van der Waals surface area contributed by atoms with Crippen LogP contribution in [-0.2, 0) is 11.2 Å². The van der Waals surface area contributed by atoms with Gasteiger partial charge in [-0.3, -0.25) is 15.4 Å². The van der Waals surface area contributed by atoms with E-state index < -0.39 is 11.7 Å². The van der Waals surface area contributed by atoms with Gasteiger partial charge in [-0.05, 0) is 53.1 Å². The molecule has 0 atom stereocenters. The van der Waals surface area contributed by atoms with Gasteiger partial charge in [0, 0.05) is 29.1 Å². The Morgan fingerprint density at radius 1 is 1.06 bits per heavy atom. The predicted octanol–water partition coefficient (Wildman–Crippen LogP) is 5.48. The van der Waals surface area contributed by atoms with Gasteiger partial charge in [0.05, 0.1) is 5.02 Å². The van der Waals surface area contributed by atoms with Crippen molar-refractivity contribution in [3.8, 4) is 22.6 Å². The topological polar surface area (TPSA) is 82.0 Å². The quantitative estimate of drug-likeness (QED) is 0.375. The smallest absolute Gasteiger partial charge is 0.273 e. The maximum atomic E-state index is 13.5. The first-order chi connectivity index (χ1) is 15.1. The first-order valence-electron chi connectivity index (χ1n) is 9.24. The van der Waals surface area contributed by atoms with Crippen LogP contribution in [0.2, 0.25) is 15.1 Å². The van der Waals surface area contributed by atoms with E-state index in [9.17, 15) is 14.3 Å². The summed E-state index contributed by atoms with van der Waals surface area (Å²) in [7, 11) is 1.25. The van der Waals surface area contributed by atoms with Crippen molar-refractivity contribution in [2.24, 2.45) is 0 Å². The number of hydroxylamine groups is 1. The Hall–Kier alpha value is -2.55. The third-order valence-electron chi connectivity index (χ3n) is 4.44. The van der Waals surface area contributed by atoms with Gasteiger partial charge in [-0.2, -0.15) is 0 Å². The number of aromatic hydroxyl groups is 1. The van der Waals surface area contributed by atoms with Crippen molar-refractivity contribution >= 4 is 40.7 Å². The second kappa shape index (κ2) is 10.4. The lowest BCUT2D eigenvalue weighted by atomic mass is 9.98. The number of benzene rings is 3. The molecular formula is C22H18Cl3FN2O4. The van der Waals surface area contributed by atoms with E-state index in [0.29, 0.717) is 38.3 Å². The van der Waals surface area contributed by atoms with Crippen molar-refractivity contribution in [2.45, 2.75) is 6.42 Å². The molecule has 3 aromatic rings. The molecular weight excluding hydrogens is 482 g/mol. The van der Waals surface area contributed by atoms with Gasteiger partial charge >= 0.3 is 0 Å². The van der Waals surface area contributed by atoms with Crippen LogP contribution in [0.1, 0.15) is 11.1 Å². The van der Waals surface area contributed by atoms with Crippen molar-refractivity contribution in [1.29, 1.82) is 0 Å². The van der Waals surface area contributed by atoms with Crippen LogP contribution in [0.3, 0.4) is 0 Å². The number of nitrogens with zero attached hydrogens (tertiary/aromatic N) is 1. The Labute approximate surface area is 198 Å². The molecule has 0 aliphatic heterocycles. The zero-order valence-electron chi connectivity index (χ0n) is 16.7. The van der Waals surface area contributed by atoms with Crippen molar-refractivity contribution in [2.75, 3.05) is 13.7 Å². The van der Waals surface area contributed by atoms with Crippen LogP contribution in [0.4, 0.5) is 4.39 Å². The molecule has 0 heterocycles. The molecule has 168 valence electrons. The molecule has 1 amide bonds. The van der Waals surface area contributed by atoms with Crippen molar-refractivity contribution in [3.63, 3.8) is 0 Å². The average molecular weight is 500 g/mol. The Kier molecular flexibility index (Phi) is 7.82. The molecule has 0 saturated carbocycles. The number of rotatable bonds is 7. The van der Waals surface area contributed by atoms with Crippen molar-refractivity contribution in [1.82, 2.24) is 10.6 Å². The minimum absolute atomic E-state index is 0.0177. The summed E-state index contributed by atoms with van der Waals surface area (Å²) >= 11 is 18.6. The molecule has 3 N–H and O–H groups in total. The summed E-state index contributed by atoms with van der Waals surface area (Å²) in [5.74, 6) is -0.812. The lowest BCUT2D eigenvalue weighted by molar-refractivity contribution is -0.152. The lowest BCUT2D eigenvalue weighted by Crippen LogP contribution is -2.39. The van der Waals surface area contributed by atoms with E-state index in [2.05, 4.69) is 5.43 Å². The molecule has 3 aromatic carbocycles. The highest BCUT2D eigenvalue weighted by Gasteiger charge is 2.14. The number of phenolic OH excluding ortho intramolecular Hbond substituents is 1. The van der Waals surface area contributed by atoms with Gasteiger partial charge < -0.3 is 9.84 Å². The second-order valence-corrected chi connectivity index (χ2v) is 8.09. The van der Waals surface area contributed by atoms with E-state index >= 15 is 0 Å². The number of phenols is 1. The van der Waals surface area contributed by atoms with Crippen molar-refractivity contribution in [3.05, 3.63) is 80.5 Å². The third kappa shape index (κ3) is 6.03. The van der Waals surface area contributed by atoms with E-state index in [1.165, 1.54) is 43.4 Å². The maximum absolute atomic E-state index is 13.5. The second-order valence-electron chi connectivity index (χ2n) is 6.87. The highest BCUT2D eigenvalue weighted by Crippen LogP contribution is 2.36. The maximum Gasteiger partial charge on any atom is 0.273 e. The van der Waals surface area contributed by atoms with E-state index in [4.69, 9.17) is 44.7 Å². The number of hydrogen-bond donors (Lipinski definition) is 3. The molecule has 6 nitrogen and oxygen atoms in total. The highest BCUT2D eigenvalue weighted by atomic mass is 35.5. The van der Waals surface area contributed by atoms with Gasteiger partial charge in [0.15, 0.2) is 6.61 Å². The zero-order valence-corrected chi connectivity index (χ0v) is 19.0. The number of carbonyl (C=O) groups is 1. The Morgan fingerprint density at radius 2 is 1.75 bits per heavy atom. The fourth-order valence-electron chi connectivity index (χ4n) is 2.99. The number of ether oxygens (including phenoxy) is 1. The van der Waals surface area contributed by atoms with Crippen LogP contribution in [0.25, 0.3) is 11.1 Å². The molecule has 0 bridgehead atoms. The summed E-state index contributed by atoms with van der Waals surface area (Å²) in [5, 5.41) is 20.4. The molecule has 3 rings (SSSR count). The lowest BCUT2D eigenvalue weighted by Gasteiger charge is -2.14. The minimum atomic E-state index is -0.566. The van der Waals surface area contributed by atoms with E-state index in [1.807, 2.05) is 0 Å². The Bertz CT molecular complexity index is 1140. The predicted molar refractivity (Wildman–Crippen MR) is 121 cm³/mol. The third-order valence-corrected chi connectivity index (χ3v) is 5.41. The van der Waals surface area contributed by atoms with E-state index in [0.717, 1.165) is 5.56 Å². The van der Waals surface area contributed by atoms with Gasteiger partial charge in [0.2, 0.25) is 0 Å². The van der Waals surface area contributed by atoms with Crippen LogP contribution < -0.4 is 10.2 Å². The number of nitrogens with one attached hydrogen (secondary N) is 1. The normalized spacial score (nSPS) is 11.0. The van der Waals surface area contributed by atoms with Gasteiger partial charge in [-0.25, -0.2) is 4.39 Å². The van der Waals surface area contributed by atoms with E-state index in [-0.39, 0.29) is 23.1 Å². The molecule has 0 aliphatic carbocycles. The SMILES string of the molecule is CN(O)NC(=O)COc1cc(Cl)c(Cc2ccc(O)c(-c3ccc(F)c(Cl)c3)c2)c(Cl)c1. The number of hydrazine groups is 1. The summed E-state index contributed by atoms with van der Waals surface area (Å²) < 4.78 is 18.8. The Morgan fingerprint density at radius 3 is 2.38 bits per heavy atom. The highest BCUT2D eigenvalue weighted by molar-refractivity contribution is 6.36. The van der Waals surface area contributed by atoms with Crippen LogP contribution in [0.5, 0.6) is 11.5 Å². The molecule has 0 saturated heterocycles. The largest absolute Gasteiger partial charge is 0.507 e. The van der Waals surface area contributed by atoms with Crippen molar-refractivity contribution < 1.29 is 24.2 Å². The molecule has 0 aromatic heterocycles. The van der Waals surface area contributed by atoms with Gasteiger partial charge in [-0.15, -0.1) is 5.17 Å². The summed E-state index contributed by atoms with van der Waals surface area (Å²) in [5.41, 5.74) is 4.58. The first kappa shape index (κ1) is 24.1. The molecule has 10 heteroatoms. The van der Waals surface area contributed by atoms with Gasteiger partial charge in [-0.1, -0.05) is 46.9 Å². The first-order valence-corrected chi connectivity index (χ1v) is 10.4. The molecule has 0 radical (unpaired) electrons. The summed E-state index contributed by atoms with van der Waals surface area (Å²) in [4.78, 5) is 11.6. The molecule has 0 fully saturated rings. The van der Waals surface area contributed by atoms with Crippen LogP contribution >= 0.6 is 34.8 Å². The molecule has 0 unspecified atom stereocenters. The number of halogens is 4. The molecule has 0 spiro atoms. The summed E-state index contributed by atoms with van der Waals surface area (Å²) in [6, 6.07) is 12.2. The molecule has 32 heavy (non-hydrogen) atoms. The van der Waals surface area contributed by atoms with Gasteiger partial charge in [0.25, 0.3) is 5.91 Å². The standard InChI is InChI=1S/C22H18Cl3FN2O4/c1-28(31)27-22(30)11-32-14-9-17(23)16(18(24)10-14)7-12-2-5-21(29)15(6-12)13-3-4-20(26)19(25)8-13/h2-6,8-10,29,31H,7,11H2,1H3,(H,27,30). The summed E-state index contributed by atoms with van der Waals surface area (Å²) in [6.07, 6.45) is 0.343. The monoisotopic (exact) mass is 498 g/mol. The molecule has 0 aliphatic rings. The fraction of sp³-hybridized carbons (Fsp3) is 0.136. The Balaban J connectivity index is 1.81. The zero-order chi connectivity index (χ0) is 23.4. The van der Waals surface area contributed by atoms with E-state index in [1.54, 1.807) is 12.1 Å². The van der Waals surface area contributed by atoms with Crippen LogP contribution in [0.15, 0.2) is 48.5 Å². The van der Waals surface area contributed by atoms with Crippen LogP contribution in [-0.4, -0.2) is 35.0 Å². The minimum Gasteiger partial charge on any atom is -0.507 e. The number of amides is 1. The van der Waals surface area contributed by atoms with Gasteiger partial charge in [0.1, 0.15) is 17.3 Å². The average Bonchev–Trinajstić information content (AvgIpc) is 2.72. The van der Waals surface area contributed by atoms with Crippen LogP contribution in [0, 0.1) is 5.82 Å².